The van der Waals surface area contributed by atoms with Crippen LogP contribution in [0.2, 0.25) is 0 Å². The van der Waals surface area contributed by atoms with Crippen LogP contribution >= 0.6 is 0 Å². The fourth-order valence-corrected chi connectivity index (χ4v) is 4.12. The molecular formula is C19H22FN3. The van der Waals surface area contributed by atoms with Gasteiger partial charge in [-0.05, 0) is 43.4 Å². The van der Waals surface area contributed by atoms with Crippen molar-refractivity contribution in [2.24, 2.45) is 5.92 Å². The van der Waals surface area contributed by atoms with E-state index in [9.17, 15) is 4.39 Å². The summed E-state index contributed by atoms with van der Waals surface area (Å²) in [6.07, 6.45) is 5.29. The van der Waals surface area contributed by atoms with E-state index < -0.39 is 0 Å². The van der Waals surface area contributed by atoms with Crippen LogP contribution in [0.15, 0.2) is 48.7 Å². The molecule has 0 amide bonds. The van der Waals surface area contributed by atoms with Crippen LogP contribution < -0.4 is 5.32 Å². The summed E-state index contributed by atoms with van der Waals surface area (Å²) in [5.41, 5.74) is 1.56. The molecule has 23 heavy (non-hydrogen) atoms. The van der Waals surface area contributed by atoms with E-state index in [0.29, 0.717) is 5.82 Å². The first kappa shape index (κ1) is 14.6. The quantitative estimate of drug-likeness (QED) is 0.913. The van der Waals surface area contributed by atoms with Crippen molar-refractivity contribution < 1.29 is 4.39 Å². The Bertz CT molecular complexity index is 667. The molecule has 5 rings (SSSR count). The van der Waals surface area contributed by atoms with Gasteiger partial charge in [-0.2, -0.15) is 0 Å². The predicted octanol–water partition coefficient (Wildman–Crippen LogP) is 3.69. The van der Waals surface area contributed by atoms with Gasteiger partial charge in [0.25, 0.3) is 0 Å². The first-order chi connectivity index (χ1) is 11.2. The lowest BCUT2D eigenvalue weighted by molar-refractivity contribution is -0.0734. The van der Waals surface area contributed by atoms with Gasteiger partial charge in [0.2, 0.25) is 0 Å². The molecule has 3 nitrogen and oxygen atoms in total. The van der Waals surface area contributed by atoms with Gasteiger partial charge in [-0.25, -0.2) is 9.37 Å². The summed E-state index contributed by atoms with van der Waals surface area (Å²) in [6.45, 7) is 2.98. The lowest BCUT2D eigenvalue weighted by Gasteiger charge is -2.59. The Kier molecular flexibility index (Phi) is 3.77. The van der Waals surface area contributed by atoms with Crippen molar-refractivity contribution in [2.45, 2.75) is 31.3 Å². The van der Waals surface area contributed by atoms with Crippen molar-refractivity contribution in [1.29, 1.82) is 0 Å². The molecule has 4 heteroatoms. The average Bonchev–Trinajstić information content (AvgIpc) is 2.54. The number of nitrogens with one attached hydrogen (secondary N) is 1. The van der Waals surface area contributed by atoms with Crippen molar-refractivity contribution >= 4 is 5.82 Å². The van der Waals surface area contributed by atoms with Crippen molar-refractivity contribution in [1.82, 2.24) is 9.88 Å². The zero-order valence-corrected chi connectivity index (χ0v) is 13.2. The summed E-state index contributed by atoms with van der Waals surface area (Å²) in [5, 5.41) is 3.36. The molecule has 2 aromatic rings. The second-order valence-electron chi connectivity index (χ2n) is 6.91. The summed E-state index contributed by atoms with van der Waals surface area (Å²) in [4.78, 5) is 6.82. The van der Waals surface area contributed by atoms with Crippen LogP contribution in [-0.4, -0.2) is 28.5 Å². The van der Waals surface area contributed by atoms with Crippen LogP contribution in [-0.2, 0) is 6.54 Å². The molecule has 1 aromatic carbocycles. The summed E-state index contributed by atoms with van der Waals surface area (Å²) in [6, 6.07) is 13.5. The third kappa shape index (κ3) is 2.95. The molecule has 2 aliphatic heterocycles. The molecule has 2 bridgehead atoms. The van der Waals surface area contributed by atoms with Gasteiger partial charge in [0.15, 0.2) is 0 Å². The largest absolute Gasteiger partial charge is 0.368 e. The lowest BCUT2D eigenvalue weighted by atomic mass is 9.62. The van der Waals surface area contributed by atoms with Gasteiger partial charge in [-0.1, -0.05) is 30.3 Å². The highest BCUT2D eigenvalue weighted by atomic mass is 19.1. The van der Waals surface area contributed by atoms with Crippen molar-refractivity contribution in [3.8, 4) is 0 Å². The molecule has 120 valence electrons. The summed E-state index contributed by atoms with van der Waals surface area (Å²) in [5.74, 6) is 1.26. The Morgan fingerprint density at radius 2 is 2.04 bits per heavy atom. The van der Waals surface area contributed by atoms with Crippen molar-refractivity contribution in [3.05, 3.63) is 60.0 Å². The maximum Gasteiger partial charge on any atom is 0.128 e. The number of rotatable bonds is 5. The Morgan fingerprint density at radius 3 is 2.83 bits per heavy atom. The number of fused-ring (bicyclic) bond motifs is 2. The normalized spacial score (nSPS) is 26.6. The zero-order chi connectivity index (χ0) is 15.7. The van der Waals surface area contributed by atoms with Crippen LogP contribution in [0.3, 0.4) is 0 Å². The lowest BCUT2D eigenvalue weighted by Crippen LogP contribution is -2.65. The summed E-state index contributed by atoms with van der Waals surface area (Å²) >= 11 is 0. The fourth-order valence-electron chi connectivity index (χ4n) is 4.12. The van der Waals surface area contributed by atoms with E-state index >= 15 is 0 Å². The van der Waals surface area contributed by atoms with Gasteiger partial charge in [-0.3, -0.25) is 4.90 Å². The number of piperidine rings is 2. The van der Waals surface area contributed by atoms with Gasteiger partial charge in [0.05, 0.1) is 0 Å². The van der Waals surface area contributed by atoms with E-state index in [1.54, 1.807) is 0 Å². The van der Waals surface area contributed by atoms with Crippen LogP contribution in [0.25, 0.3) is 0 Å². The number of hydrogen-bond donors (Lipinski definition) is 1. The van der Waals surface area contributed by atoms with Gasteiger partial charge >= 0.3 is 0 Å². The van der Waals surface area contributed by atoms with E-state index in [0.717, 1.165) is 25.6 Å². The maximum atomic E-state index is 13.3. The molecule has 0 radical (unpaired) electrons. The van der Waals surface area contributed by atoms with E-state index in [4.69, 9.17) is 0 Å². The Balaban J connectivity index is 1.46. The van der Waals surface area contributed by atoms with Gasteiger partial charge in [0.1, 0.15) is 11.6 Å². The molecule has 0 unspecified atom stereocenters. The molecule has 3 fully saturated rings. The van der Waals surface area contributed by atoms with Crippen LogP contribution in [0, 0.1) is 11.7 Å². The van der Waals surface area contributed by atoms with Crippen molar-refractivity contribution in [2.75, 3.05) is 18.4 Å². The second kappa shape index (κ2) is 5.93. The minimum atomic E-state index is -0.240. The molecule has 2 saturated heterocycles. The average molecular weight is 311 g/mol. The Morgan fingerprint density at radius 1 is 1.22 bits per heavy atom. The van der Waals surface area contributed by atoms with Gasteiger partial charge in [0, 0.05) is 30.9 Å². The monoisotopic (exact) mass is 311 g/mol. The minimum absolute atomic E-state index is 0.201. The first-order valence-corrected chi connectivity index (χ1v) is 8.38. The second-order valence-corrected chi connectivity index (χ2v) is 6.91. The SMILES string of the molecule is Fc1ccnc(NCC23CC(CCN2Cc2ccccc2)C3)c1. The van der Waals surface area contributed by atoms with Gasteiger partial charge < -0.3 is 5.32 Å². The zero-order valence-electron chi connectivity index (χ0n) is 13.2. The number of aromatic nitrogens is 1. The molecule has 1 aromatic heterocycles. The number of pyridine rings is 1. The highest BCUT2D eigenvalue weighted by Crippen LogP contribution is 2.49. The number of nitrogens with zero attached hydrogens (tertiary/aromatic N) is 2. The fraction of sp³-hybridized carbons (Fsp3) is 0.421. The maximum absolute atomic E-state index is 13.3. The van der Waals surface area contributed by atoms with Crippen molar-refractivity contribution in [3.63, 3.8) is 0 Å². The molecular weight excluding hydrogens is 289 g/mol. The molecule has 3 aliphatic rings. The standard InChI is InChI=1S/C19H22FN3/c20-17-6-8-21-18(10-17)22-14-19-11-16(12-19)7-9-23(19)13-15-4-2-1-3-5-15/h1-6,8,10,16H,7,9,11-14H2,(H,21,22). The number of halogens is 1. The predicted molar refractivity (Wildman–Crippen MR) is 89.6 cm³/mol. The molecule has 3 heterocycles. The van der Waals surface area contributed by atoms with Crippen LogP contribution in [0.5, 0.6) is 0 Å². The van der Waals surface area contributed by atoms with Gasteiger partial charge in [-0.15, -0.1) is 0 Å². The van der Waals surface area contributed by atoms with Crippen LogP contribution in [0.1, 0.15) is 24.8 Å². The Hall–Kier alpha value is -1.94. The minimum Gasteiger partial charge on any atom is -0.368 e. The smallest absolute Gasteiger partial charge is 0.128 e. The van der Waals surface area contributed by atoms with E-state index in [-0.39, 0.29) is 11.4 Å². The Labute approximate surface area is 136 Å². The first-order valence-electron chi connectivity index (χ1n) is 8.38. The van der Waals surface area contributed by atoms with Crippen LogP contribution in [0.4, 0.5) is 10.2 Å². The number of benzene rings is 1. The molecule has 0 atom stereocenters. The number of hydrogen-bond acceptors (Lipinski definition) is 3. The third-order valence-corrected chi connectivity index (χ3v) is 5.35. The van der Waals surface area contributed by atoms with E-state index in [2.05, 4.69) is 45.5 Å². The molecule has 1 N–H and O–H groups in total. The number of anilines is 1. The highest BCUT2D eigenvalue weighted by molar-refractivity contribution is 5.35. The molecule has 1 saturated carbocycles. The third-order valence-electron chi connectivity index (χ3n) is 5.35. The van der Waals surface area contributed by atoms with E-state index in [1.165, 1.54) is 43.2 Å². The summed E-state index contributed by atoms with van der Waals surface area (Å²) in [7, 11) is 0. The van der Waals surface area contributed by atoms with E-state index in [1.807, 2.05) is 0 Å². The molecule has 1 aliphatic carbocycles. The summed E-state index contributed by atoms with van der Waals surface area (Å²) < 4.78 is 13.3. The highest BCUT2D eigenvalue weighted by Gasteiger charge is 2.51. The topological polar surface area (TPSA) is 28.2 Å². The molecule has 0 spiro atoms.